The first-order chi connectivity index (χ1) is 10.7. The largest absolute Gasteiger partial charge is 0.471 e. The van der Waals surface area contributed by atoms with Gasteiger partial charge in [0.05, 0.1) is 10.6 Å². The Hall–Kier alpha value is -1.57. The number of amides is 1. The van der Waals surface area contributed by atoms with E-state index in [1.807, 2.05) is 0 Å². The SMILES string of the molecule is O=C(N1CCC(CCS(=O)(=O)c2ccccc2)CC1)C(F)(F)F. The zero-order valence-corrected chi connectivity index (χ0v) is 13.2. The number of nitrogens with zero attached hydrogens (tertiary/aromatic N) is 1. The van der Waals surface area contributed by atoms with E-state index >= 15 is 0 Å². The Morgan fingerprint density at radius 3 is 2.22 bits per heavy atom. The molecule has 0 aliphatic carbocycles. The van der Waals surface area contributed by atoms with Gasteiger partial charge in [-0.3, -0.25) is 4.79 Å². The molecule has 1 aromatic rings. The van der Waals surface area contributed by atoms with Crippen LogP contribution in [0.4, 0.5) is 13.2 Å². The van der Waals surface area contributed by atoms with Gasteiger partial charge in [-0.15, -0.1) is 0 Å². The van der Waals surface area contributed by atoms with E-state index in [-0.39, 0.29) is 29.7 Å². The lowest BCUT2D eigenvalue weighted by molar-refractivity contribution is -0.186. The normalized spacial score (nSPS) is 17.3. The van der Waals surface area contributed by atoms with Crippen LogP contribution in [-0.4, -0.2) is 44.2 Å². The fourth-order valence-corrected chi connectivity index (χ4v) is 4.12. The summed E-state index contributed by atoms with van der Waals surface area (Å²) in [5.74, 6) is -1.83. The molecule has 0 radical (unpaired) electrons. The Morgan fingerprint density at radius 2 is 1.70 bits per heavy atom. The lowest BCUT2D eigenvalue weighted by Gasteiger charge is -2.32. The molecule has 0 N–H and O–H groups in total. The van der Waals surface area contributed by atoms with Crippen molar-refractivity contribution in [2.45, 2.75) is 30.3 Å². The third-order valence-corrected chi connectivity index (χ3v) is 5.80. The maximum absolute atomic E-state index is 12.4. The molecule has 1 fully saturated rings. The highest BCUT2D eigenvalue weighted by Crippen LogP contribution is 2.26. The van der Waals surface area contributed by atoms with Crippen molar-refractivity contribution in [3.05, 3.63) is 30.3 Å². The standard InChI is InChI=1S/C15H18F3NO3S/c16-15(17,18)14(20)19-9-6-12(7-10-19)8-11-23(21,22)13-4-2-1-3-5-13/h1-5,12H,6-11H2. The third kappa shape index (κ3) is 4.70. The molecule has 1 amide bonds. The van der Waals surface area contributed by atoms with Crippen LogP contribution in [0.3, 0.4) is 0 Å². The van der Waals surface area contributed by atoms with Gasteiger partial charge >= 0.3 is 12.1 Å². The summed E-state index contributed by atoms with van der Waals surface area (Å²) in [6.45, 7) is 0.0444. The first-order valence-corrected chi connectivity index (χ1v) is 8.99. The fraction of sp³-hybridized carbons (Fsp3) is 0.533. The summed E-state index contributed by atoms with van der Waals surface area (Å²) in [6, 6.07) is 8.08. The Morgan fingerprint density at radius 1 is 1.13 bits per heavy atom. The minimum absolute atomic E-state index is 0.0192. The van der Waals surface area contributed by atoms with Gasteiger partial charge in [0.1, 0.15) is 0 Å². The summed E-state index contributed by atoms with van der Waals surface area (Å²) in [4.78, 5) is 12.2. The van der Waals surface area contributed by atoms with E-state index in [0.717, 1.165) is 4.90 Å². The summed E-state index contributed by atoms with van der Waals surface area (Å²) >= 11 is 0. The second-order valence-electron chi connectivity index (χ2n) is 5.65. The smallest absolute Gasteiger partial charge is 0.335 e. The van der Waals surface area contributed by atoms with Crippen molar-refractivity contribution in [3.63, 3.8) is 0 Å². The predicted octanol–water partition coefficient (Wildman–Crippen LogP) is 2.65. The number of rotatable bonds is 4. The molecular weight excluding hydrogens is 331 g/mol. The van der Waals surface area contributed by atoms with Crippen LogP contribution in [0, 0.1) is 5.92 Å². The van der Waals surface area contributed by atoms with Crippen molar-refractivity contribution in [2.75, 3.05) is 18.8 Å². The molecule has 0 atom stereocenters. The van der Waals surface area contributed by atoms with Crippen LogP contribution >= 0.6 is 0 Å². The molecule has 1 saturated heterocycles. The third-order valence-electron chi connectivity index (χ3n) is 4.04. The van der Waals surface area contributed by atoms with Gasteiger partial charge in [-0.25, -0.2) is 8.42 Å². The van der Waals surface area contributed by atoms with E-state index in [9.17, 15) is 26.4 Å². The number of benzene rings is 1. The van der Waals surface area contributed by atoms with Crippen LogP contribution in [0.25, 0.3) is 0 Å². The van der Waals surface area contributed by atoms with E-state index < -0.39 is 21.9 Å². The van der Waals surface area contributed by atoms with Gasteiger partial charge in [0.15, 0.2) is 9.84 Å². The van der Waals surface area contributed by atoms with Crippen LogP contribution in [0.1, 0.15) is 19.3 Å². The second-order valence-corrected chi connectivity index (χ2v) is 7.76. The number of alkyl halides is 3. The van der Waals surface area contributed by atoms with Crippen molar-refractivity contribution < 1.29 is 26.4 Å². The van der Waals surface area contributed by atoms with Crippen LogP contribution < -0.4 is 0 Å². The highest BCUT2D eigenvalue weighted by molar-refractivity contribution is 7.91. The van der Waals surface area contributed by atoms with Crippen molar-refractivity contribution in [1.82, 2.24) is 4.90 Å². The van der Waals surface area contributed by atoms with E-state index in [1.54, 1.807) is 18.2 Å². The van der Waals surface area contributed by atoms with Gasteiger partial charge in [-0.2, -0.15) is 13.2 Å². The molecule has 1 aromatic carbocycles. The number of hydrogen-bond donors (Lipinski definition) is 0. The van der Waals surface area contributed by atoms with Crippen molar-refractivity contribution in [3.8, 4) is 0 Å². The first kappa shape index (κ1) is 17.8. The molecule has 4 nitrogen and oxygen atoms in total. The number of carbonyl (C=O) groups is 1. The molecule has 2 rings (SSSR count). The quantitative estimate of drug-likeness (QED) is 0.840. The minimum Gasteiger partial charge on any atom is -0.335 e. The van der Waals surface area contributed by atoms with Gasteiger partial charge in [-0.1, -0.05) is 18.2 Å². The van der Waals surface area contributed by atoms with Crippen molar-refractivity contribution in [1.29, 1.82) is 0 Å². The average Bonchev–Trinajstić information content (AvgIpc) is 2.53. The number of hydrogen-bond acceptors (Lipinski definition) is 3. The van der Waals surface area contributed by atoms with Crippen LogP contribution in [0.2, 0.25) is 0 Å². The van der Waals surface area contributed by atoms with Crippen LogP contribution in [-0.2, 0) is 14.6 Å². The molecule has 0 spiro atoms. The summed E-state index contributed by atoms with van der Waals surface area (Å²) < 4.78 is 61.4. The Labute approximate surface area is 133 Å². The van der Waals surface area contributed by atoms with Gasteiger partial charge in [-0.05, 0) is 37.3 Å². The Kier molecular flexibility index (Phi) is 5.33. The van der Waals surface area contributed by atoms with E-state index in [4.69, 9.17) is 0 Å². The van der Waals surface area contributed by atoms with Gasteiger partial charge < -0.3 is 4.90 Å². The lowest BCUT2D eigenvalue weighted by atomic mass is 9.94. The zero-order valence-electron chi connectivity index (χ0n) is 12.4. The minimum atomic E-state index is -4.84. The van der Waals surface area contributed by atoms with Crippen LogP contribution in [0.15, 0.2) is 35.2 Å². The molecule has 0 aromatic heterocycles. The number of halogens is 3. The summed E-state index contributed by atoms with van der Waals surface area (Å²) in [5, 5.41) is 0. The summed E-state index contributed by atoms with van der Waals surface area (Å²) in [6.07, 6.45) is -3.66. The van der Waals surface area contributed by atoms with E-state index in [1.165, 1.54) is 12.1 Å². The number of sulfone groups is 1. The molecule has 0 unspecified atom stereocenters. The first-order valence-electron chi connectivity index (χ1n) is 7.34. The molecule has 0 bridgehead atoms. The number of likely N-dealkylation sites (tertiary alicyclic amines) is 1. The Balaban J connectivity index is 1.85. The molecule has 1 aliphatic rings. The number of piperidine rings is 1. The fourth-order valence-electron chi connectivity index (χ4n) is 2.67. The molecule has 1 aliphatic heterocycles. The molecule has 0 saturated carbocycles. The maximum Gasteiger partial charge on any atom is 0.471 e. The molecule has 8 heteroatoms. The van der Waals surface area contributed by atoms with Crippen LogP contribution in [0.5, 0.6) is 0 Å². The highest BCUT2D eigenvalue weighted by atomic mass is 32.2. The summed E-state index contributed by atoms with van der Waals surface area (Å²) in [5.41, 5.74) is 0. The summed E-state index contributed by atoms with van der Waals surface area (Å²) in [7, 11) is -3.37. The molecular formula is C15H18F3NO3S. The van der Waals surface area contributed by atoms with Gasteiger partial charge in [0.2, 0.25) is 0 Å². The topological polar surface area (TPSA) is 54.5 Å². The van der Waals surface area contributed by atoms with E-state index in [2.05, 4.69) is 0 Å². The van der Waals surface area contributed by atoms with E-state index in [0.29, 0.717) is 19.3 Å². The monoisotopic (exact) mass is 349 g/mol. The zero-order chi connectivity index (χ0) is 17.1. The maximum atomic E-state index is 12.4. The van der Waals surface area contributed by atoms with Gasteiger partial charge in [0.25, 0.3) is 0 Å². The molecule has 23 heavy (non-hydrogen) atoms. The van der Waals surface area contributed by atoms with Gasteiger partial charge in [0, 0.05) is 13.1 Å². The molecule has 1 heterocycles. The molecule has 128 valence electrons. The average molecular weight is 349 g/mol. The Bertz CT molecular complexity index is 636. The predicted molar refractivity (Wildman–Crippen MR) is 78.5 cm³/mol. The lowest BCUT2D eigenvalue weighted by Crippen LogP contribution is -2.45. The highest BCUT2D eigenvalue weighted by Gasteiger charge is 2.43. The van der Waals surface area contributed by atoms with Crippen molar-refractivity contribution in [2.24, 2.45) is 5.92 Å². The second kappa shape index (κ2) is 6.90. The number of carbonyl (C=O) groups excluding carboxylic acids is 1. The van der Waals surface area contributed by atoms with Crippen molar-refractivity contribution >= 4 is 15.7 Å².